The highest BCUT2D eigenvalue weighted by Gasteiger charge is 2.30. The highest BCUT2D eigenvalue weighted by Crippen LogP contribution is 2.19. The van der Waals surface area contributed by atoms with E-state index in [1.54, 1.807) is 0 Å². The molecule has 12 heteroatoms. The van der Waals surface area contributed by atoms with Crippen LogP contribution in [0, 0.1) is 0 Å². The molecule has 2 aromatic carbocycles. The summed E-state index contributed by atoms with van der Waals surface area (Å²) in [7, 11) is 0. The average molecular weight is 611 g/mol. The fraction of sp³-hybridized carbons (Fsp3) is 0.419. The number of aromatic amines is 1. The van der Waals surface area contributed by atoms with Crippen LogP contribution in [-0.4, -0.2) is 76.5 Å². The molecule has 0 aliphatic rings. The molecule has 0 spiro atoms. The van der Waals surface area contributed by atoms with Gasteiger partial charge in [0.25, 0.3) is 0 Å². The molecule has 1 aromatic heterocycles. The van der Waals surface area contributed by atoms with Crippen LogP contribution in [0.2, 0.25) is 0 Å². The van der Waals surface area contributed by atoms with Gasteiger partial charge in [-0.2, -0.15) is 11.8 Å². The molecule has 43 heavy (non-hydrogen) atoms. The summed E-state index contributed by atoms with van der Waals surface area (Å²) in [5.41, 5.74) is 14.5. The van der Waals surface area contributed by atoms with E-state index in [0.29, 0.717) is 31.6 Å². The van der Waals surface area contributed by atoms with E-state index in [-0.39, 0.29) is 19.3 Å². The number of benzene rings is 2. The molecule has 0 saturated carbocycles. The van der Waals surface area contributed by atoms with E-state index in [0.717, 1.165) is 22.0 Å². The van der Waals surface area contributed by atoms with Gasteiger partial charge in [0.15, 0.2) is 0 Å². The molecule has 232 valence electrons. The van der Waals surface area contributed by atoms with Gasteiger partial charge in [-0.15, -0.1) is 0 Å². The largest absolute Gasteiger partial charge is 0.480 e. The quantitative estimate of drug-likeness (QED) is 0.106. The van der Waals surface area contributed by atoms with E-state index < -0.39 is 47.9 Å². The minimum absolute atomic E-state index is 0.136. The molecule has 3 rings (SSSR count). The number of fused-ring (bicyclic) bond motifs is 1. The first-order chi connectivity index (χ1) is 20.7. The summed E-state index contributed by atoms with van der Waals surface area (Å²) < 4.78 is 0. The molecule has 0 bridgehead atoms. The second-order valence-electron chi connectivity index (χ2n) is 10.4. The van der Waals surface area contributed by atoms with Crippen LogP contribution in [0.15, 0.2) is 60.8 Å². The van der Waals surface area contributed by atoms with Crippen LogP contribution in [0.4, 0.5) is 0 Å². The summed E-state index contributed by atoms with van der Waals surface area (Å²) in [5.74, 6) is -2.28. The Morgan fingerprint density at radius 1 is 0.837 bits per heavy atom. The van der Waals surface area contributed by atoms with Gasteiger partial charge in [-0.3, -0.25) is 14.4 Å². The number of amides is 3. The van der Waals surface area contributed by atoms with Gasteiger partial charge in [-0.1, -0.05) is 48.5 Å². The molecule has 0 radical (unpaired) electrons. The van der Waals surface area contributed by atoms with Gasteiger partial charge in [-0.05, 0) is 67.9 Å². The van der Waals surface area contributed by atoms with Gasteiger partial charge in [0, 0.05) is 23.5 Å². The molecule has 0 aliphatic heterocycles. The number of rotatable bonds is 18. The predicted molar refractivity (Wildman–Crippen MR) is 169 cm³/mol. The molecule has 0 fully saturated rings. The lowest BCUT2D eigenvalue weighted by Gasteiger charge is -2.25. The Hall–Kier alpha value is -3.87. The number of nitrogens with two attached hydrogens (primary N) is 2. The Bertz CT molecular complexity index is 1350. The molecule has 1 heterocycles. The molecular formula is C31H42N6O5S. The maximum Gasteiger partial charge on any atom is 0.326 e. The zero-order valence-corrected chi connectivity index (χ0v) is 25.2. The van der Waals surface area contributed by atoms with Crippen LogP contribution in [0.5, 0.6) is 0 Å². The van der Waals surface area contributed by atoms with Crippen molar-refractivity contribution in [2.24, 2.45) is 11.5 Å². The number of hydrogen-bond donors (Lipinski definition) is 7. The van der Waals surface area contributed by atoms with Gasteiger partial charge in [0.05, 0.1) is 6.04 Å². The van der Waals surface area contributed by atoms with Crippen molar-refractivity contribution >= 4 is 46.4 Å². The number of hydrogen-bond acceptors (Lipinski definition) is 7. The number of aliphatic carboxylic acids is 1. The second kappa shape index (κ2) is 17.3. The third kappa shape index (κ3) is 10.4. The topological polar surface area (TPSA) is 192 Å². The summed E-state index contributed by atoms with van der Waals surface area (Å²) in [5, 5.41) is 18.7. The lowest BCUT2D eigenvalue weighted by Crippen LogP contribution is -2.57. The van der Waals surface area contributed by atoms with Crippen molar-refractivity contribution in [3.05, 3.63) is 71.9 Å². The van der Waals surface area contributed by atoms with E-state index in [9.17, 15) is 24.3 Å². The summed E-state index contributed by atoms with van der Waals surface area (Å²) in [6.45, 7) is 0.425. The summed E-state index contributed by atoms with van der Waals surface area (Å²) in [6, 6.07) is 12.8. The number of carboxylic acid groups (broad SMARTS) is 1. The maximum atomic E-state index is 13.6. The fourth-order valence-corrected chi connectivity index (χ4v) is 5.24. The number of carbonyl (C=O) groups is 4. The lowest BCUT2D eigenvalue weighted by molar-refractivity contribution is -0.142. The Labute approximate surface area is 255 Å². The monoisotopic (exact) mass is 610 g/mol. The SMILES string of the molecule is CSCCC(NC(=O)C(Cc1ccccc1)NC(=O)C(CCCCN)NC(=O)C(N)Cc1c[nH]c2ccccc12)C(=O)O. The normalized spacial score (nSPS) is 13.9. The Balaban J connectivity index is 1.75. The first-order valence-corrected chi connectivity index (χ1v) is 15.8. The second-order valence-corrected chi connectivity index (χ2v) is 11.4. The van der Waals surface area contributed by atoms with Crippen molar-refractivity contribution in [1.82, 2.24) is 20.9 Å². The van der Waals surface area contributed by atoms with Crippen molar-refractivity contribution in [1.29, 1.82) is 0 Å². The number of aromatic nitrogens is 1. The molecule has 0 saturated heterocycles. The van der Waals surface area contributed by atoms with Gasteiger partial charge < -0.3 is 37.5 Å². The molecule has 3 aromatic rings. The van der Waals surface area contributed by atoms with Crippen LogP contribution in [0.3, 0.4) is 0 Å². The van der Waals surface area contributed by atoms with Gasteiger partial charge in [-0.25, -0.2) is 4.79 Å². The Morgan fingerprint density at radius 2 is 1.49 bits per heavy atom. The van der Waals surface area contributed by atoms with Gasteiger partial charge in [0.1, 0.15) is 18.1 Å². The number of carbonyl (C=O) groups excluding carboxylic acids is 3. The van der Waals surface area contributed by atoms with E-state index >= 15 is 0 Å². The first kappa shape index (κ1) is 33.6. The molecule has 3 amide bonds. The molecular weight excluding hydrogens is 568 g/mol. The number of H-pyrrole nitrogens is 1. The maximum absolute atomic E-state index is 13.6. The third-order valence-corrected chi connectivity index (χ3v) is 7.82. The van der Waals surface area contributed by atoms with Crippen molar-refractivity contribution < 1.29 is 24.3 Å². The standard InChI is InChI=1S/C31H42N6O5S/c1-43-16-14-26(31(41)42)36-30(40)27(17-20-9-3-2-4-10-20)37-29(39)25(13-7-8-15-32)35-28(38)23(33)18-21-19-34-24-12-6-5-11-22(21)24/h2-6,9-12,19,23,25-27,34H,7-8,13-18,32-33H2,1H3,(H,35,38)(H,36,40)(H,37,39)(H,41,42). The van der Waals surface area contributed by atoms with Crippen LogP contribution in [0.25, 0.3) is 10.9 Å². The minimum Gasteiger partial charge on any atom is -0.480 e. The number of para-hydroxylation sites is 1. The Kier molecular flexibility index (Phi) is 13.5. The van der Waals surface area contributed by atoms with E-state index in [1.807, 2.05) is 67.0 Å². The number of unbranched alkanes of at least 4 members (excludes halogenated alkanes) is 1. The van der Waals surface area contributed by atoms with Gasteiger partial charge >= 0.3 is 5.97 Å². The molecule has 4 unspecified atom stereocenters. The summed E-state index contributed by atoms with van der Waals surface area (Å²) >= 11 is 1.47. The van der Waals surface area contributed by atoms with Crippen molar-refractivity contribution in [3.63, 3.8) is 0 Å². The van der Waals surface area contributed by atoms with E-state index in [2.05, 4.69) is 20.9 Å². The molecule has 11 nitrogen and oxygen atoms in total. The first-order valence-electron chi connectivity index (χ1n) is 14.4. The van der Waals surface area contributed by atoms with Crippen LogP contribution in [0.1, 0.15) is 36.8 Å². The zero-order chi connectivity index (χ0) is 31.2. The summed E-state index contributed by atoms with van der Waals surface area (Å²) in [4.78, 5) is 55.1. The van der Waals surface area contributed by atoms with Crippen LogP contribution >= 0.6 is 11.8 Å². The number of thioether (sulfide) groups is 1. The van der Waals surface area contributed by atoms with Crippen LogP contribution in [-0.2, 0) is 32.0 Å². The third-order valence-electron chi connectivity index (χ3n) is 7.17. The fourth-order valence-electron chi connectivity index (χ4n) is 4.77. The smallest absolute Gasteiger partial charge is 0.326 e. The van der Waals surface area contributed by atoms with Crippen molar-refractivity contribution in [3.8, 4) is 0 Å². The highest BCUT2D eigenvalue weighted by molar-refractivity contribution is 7.98. The Morgan fingerprint density at radius 3 is 2.19 bits per heavy atom. The zero-order valence-electron chi connectivity index (χ0n) is 24.4. The highest BCUT2D eigenvalue weighted by atomic mass is 32.2. The summed E-state index contributed by atoms with van der Waals surface area (Å²) in [6.07, 6.45) is 5.81. The minimum atomic E-state index is -1.15. The van der Waals surface area contributed by atoms with Crippen LogP contribution < -0.4 is 27.4 Å². The predicted octanol–water partition coefficient (Wildman–Crippen LogP) is 1.70. The van der Waals surface area contributed by atoms with Crippen molar-refractivity contribution in [2.45, 2.75) is 62.7 Å². The average Bonchev–Trinajstić information content (AvgIpc) is 3.41. The lowest BCUT2D eigenvalue weighted by atomic mass is 10.0. The molecule has 4 atom stereocenters. The molecule has 0 aliphatic carbocycles. The number of nitrogens with one attached hydrogen (secondary N) is 4. The van der Waals surface area contributed by atoms with E-state index in [4.69, 9.17) is 11.5 Å². The number of carboxylic acids is 1. The molecule has 9 N–H and O–H groups in total. The van der Waals surface area contributed by atoms with Gasteiger partial charge in [0.2, 0.25) is 17.7 Å². The van der Waals surface area contributed by atoms with E-state index in [1.165, 1.54) is 11.8 Å². The van der Waals surface area contributed by atoms with Crippen molar-refractivity contribution in [2.75, 3.05) is 18.6 Å².